The highest BCUT2D eigenvalue weighted by molar-refractivity contribution is 14.1. The van der Waals surface area contributed by atoms with Gasteiger partial charge in [-0.25, -0.2) is 4.79 Å². The lowest BCUT2D eigenvalue weighted by Gasteiger charge is -2.34. The summed E-state index contributed by atoms with van der Waals surface area (Å²) in [5.74, 6) is -0.545. The smallest absolute Gasteiger partial charge is 0.336 e. The van der Waals surface area contributed by atoms with Crippen molar-refractivity contribution < 1.29 is 14.3 Å². The summed E-state index contributed by atoms with van der Waals surface area (Å²) < 4.78 is 6.54. The Balaban J connectivity index is 2.10. The third-order valence-electron chi connectivity index (χ3n) is 4.64. The molecule has 3 rings (SSSR count). The zero-order valence-electron chi connectivity index (χ0n) is 14.5. The van der Waals surface area contributed by atoms with E-state index in [9.17, 15) is 9.59 Å². The number of ketones is 1. The quantitative estimate of drug-likeness (QED) is 0.551. The average Bonchev–Trinajstić information content (AvgIpc) is 2.59. The van der Waals surface area contributed by atoms with Crippen LogP contribution < -0.4 is 5.32 Å². The molecule has 1 aliphatic carbocycles. The van der Waals surface area contributed by atoms with Crippen LogP contribution in [0.2, 0.25) is 0 Å². The molecule has 0 radical (unpaired) electrons. The first kappa shape index (κ1) is 18.2. The number of benzene rings is 1. The molecule has 132 valence electrons. The summed E-state index contributed by atoms with van der Waals surface area (Å²) in [7, 11) is 0. The summed E-state index contributed by atoms with van der Waals surface area (Å²) in [6, 6.07) is 8.03. The molecular formula is C20H22INO3. The SMILES string of the molecule is CCCOC(=O)C1=C(C)NC2=C(C(=O)CCC2)[C@H]1c1ccc(I)cc1. The Hall–Kier alpha value is -1.63. The van der Waals surface area contributed by atoms with Gasteiger partial charge in [0.05, 0.1) is 12.2 Å². The lowest BCUT2D eigenvalue weighted by molar-refractivity contribution is -0.139. The highest BCUT2D eigenvalue weighted by Gasteiger charge is 2.38. The molecule has 1 aromatic rings. The minimum absolute atomic E-state index is 0.130. The van der Waals surface area contributed by atoms with Crippen LogP contribution in [0.5, 0.6) is 0 Å². The van der Waals surface area contributed by atoms with Gasteiger partial charge >= 0.3 is 5.97 Å². The van der Waals surface area contributed by atoms with Gasteiger partial charge in [-0.2, -0.15) is 0 Å². The van der Waals surface area contributed by atoms with Gasteiger partial charge in [0.15, 0.2) is 5.78 Å². The zero-order chi connectivity index (χ0) is 18.0. The number of nitrogens with one attached hydrogen (secondary N) is 1. The third kappa shape index (κ3) is 3.66. The minimum atomic E-state index is -0.342. The van der Waals surface area contributed by atoms with E-state index in [0.717, 1.165) is 45.4 Å². The number of carbonyl (C=O) groups excluding carboxylic acids is 2. The number of dihydropyridines is 1. The summed E-state index contributed by atoms with van der Waals surface area (Å²) in [5, 5.41) is 3.30. The van der Waals surface area contributed by atoms with Crippen LogP contribution >= 0.6 is 22.6 Å². The number of ether oxygens (including phenoxy) is 1. The second-order valence-corrected chi connectivity index (χ2v) is 7.70. The molecule has 2 aliphatic rings. The Morgan fingerprint density at radius 2 is 2.00 bits per heavy atom. The summed E-state index contributed by atoms with van der Waals surface area (Å²) in [6.45, 7) is 4.25. The molecule has 0 saturated carbocycles. The summed E-state index contributed by atoms with van der Waals surface area (Å²) in [4.78, 5) is 25.4. The topological polar surface area (TPSA) is 55.4 Å². The first-order chi connectivity index (χ1) is 12.0. The average molecular weight is 451 g/mol. The Morgan fingerprint density at radius 3 is 2.68 bits per heavy atom. The molecule has 1 N–H and O–H groups in total. The number of hydrogen-bond acceptors (Lipinski definition) is 4. The summed E-state index contributed by atoms with van der Waals surface area (Å²) >= 11 is 2.25. The van der Waals surface area contributed by atoms with Gasteiger partial charge in [-0.05, 0) is 66.5 Å². The fraction of sp³-hybridized carbons (Fsp3) is 0.400. The molecule has 0 saturated heterocycles. The van der Waals surface area contributed by atoms with Crippen molar-refractivity contribution in [3.05, 3.63) is 55.9 Å². The second-order valence-electron chi connectivity index (χ2n) is 6.45. The van der Waals surface area contributed by atoms with Gasteiger partial charge < -0.3 is 10.1 Å². The molecule has 0 unspecified atom stereocenters. The van der Waals surface area contributed by atoms with Crippen LogP contribution in [0.3, 0.4) is 0 Å². The molecule has 0 amide bonds. The highest BCUT2D eigenvalue weighted by atomic mass is 127. The molecule has 0 bridgehead atoms. The van der Waals surface area contributed by atoms with Crippen LogP contribution in [0.15, 0.2) is 46.8 Å². The largest absolute Gasteiger partial charge is 0.462 e. The van der Waals surface area contributed by atoms with E-state index in [1.807, 2.05) is 38.1 Å². The lowest BCUT2D eigenvalue weighted by atomic mass is 9.75. The van der Waals surface area contributed by atoms with Crippen molar-refractivity contribution in [2.45, 2.75) is 45.4 Å². The van der Waals surface area contributed by atoms with Crippen molar-refractivity contribution >= 4 is 34.3 Å². The Bertz CT molecular complexity index is 762. The maximum Gasteiger partial charge on any atom is 0.336 e. The standard InChI is InChI=1S/C20H22INO3/c1-3-11-25-20(24)17-12(2)22-15-5-4-6-16(23)19(15)18(17)13-7-9-14(21)10-8-13/h7-10,18,22H,3-6,11H2,1-2H3/t18-/m0/s1. The van der Waals surface area contributed by atoms with Gasteiger partial charge in [-0.3, -0.25) is 4.79 Å². The number of allylic oxidation sites excluding steroid dienone is 3. The van der Waals surface area contributed by atoms with Crippen LogP contribution in [-0.4, -0.2) is 18.4 Å². The molecule has 25 heavy (non-hydrogen) atoms. The summed E-state index contributed by atoms with van der Waals surface area (Å²) in [5.41, 5.74) is 4.01. The number of esters is 1. The van der Waals surface area contributed by atoms with Gasteiger partial charge in [-0.15, -0.1) is 0 Å². The molecule has 5 heteroatoms. The molecule has 0 fully saturated rings. The maximum absolute atomic E-state index is 12.7. The van der Waals surface area contributed by atoms with Crippen molar-refractivity contribution in [3.63, 3.8) is 0 Å². The first-order valence-corrected chi connectivity index (χ1v) is 9.77. The van der Waals surface area contributed by atoms with Crippen LogP contribution in [-0.2, 0) is 14.3 Å². The molecule has 1 aromatic carbocycles. The molecule has 1 heterocycles. The molecule has 1 atom stereocenters. The van der Waals surface area contributed by atoms with Gasteiger partial charge in [0, 0.05) is 32.9 Å². The lowest BCUT2D eigenvalue weighted by Crippen LogP contribution is -2.34. The Kier molecular flexibility index (Phi) is 5.61. The van der Waals surface area contributed by atoms with Crippen molar-refractivity contribution in [2.75, 3.05) is 6.61 Å². The van der Waals surface area contributed by atoms with Gasteiger partial charge in [-0.1, -0.05) is 19.1 Å². The number of halogens is 1. The number of Topliss-reactive ketones (excluding diaryl/α,β-unsaturated/α-hetero) is 1. The van der Waals surface area contributed by atoms with Crippen LogP contribution in [0.25, 0.3) is 0 Å². The fourth-order valence-electron chi connectivity index (χ4n) is 3.51. The van der Waals surface area contributed by atoms with E-state index in [-0.39, 0.29) is 17.7 Å². The molecule has 0 aromatic heterocycles. The fourth-order valence-corrected chi connectivity index (χ4v) is 3.87. The normalized spacial score (nSPS) is 20.3. The van der Waals surface area contributed by atoms with Crippen molar-refractivity contribution in [3.8, 4) is 0 Å². The molecule has 1 aliphatic heterocycles. The maximum atomic E-state index is 12.7. The van der Waals surface area contributed by atoms with E-state index in [1.165, 1.54) is 0 Å². The number of hydrogen-bond donors (Lipinski definition) is 1. The Morgan fingerprint density at radius 1 is 1.28 bits per heavy atom. The zero-order valence-corrected chi connectivity index (χ0v) is 16.7. The van der Waals surface area contributed by atoms with E-state index in [0.29, 0.717) is 18.6 Å². The van der Waals surface area contributed by atoms with Crippen molar-refractivity contribution in [1.82, 2.24) is 5.32 Å². The minimum Gasteiger partial charge on any atom is -0.462 e. The number of rotatable bonds is 4. The predicted octanol–water partition coefficient (Wildman–Crippen LogP) is 4.21. The van der Waals surface area contributed by atoms with Crippen LogP contribution in [0.1, 0.15) is 51.0 Å². The van der Waals surface area contributed by atoms with E-state index in [1.54, 1.807) is 0 Å². The highest BCUT2D eigenvalue weighted by Crippen LogP contribution is 2.42. The predicted molar refractivity (Wildman–Crippen MR) is 105 cm³/mol. The van der Waals surface area contributed by atoms with Crippen molar-refractivity contribution in [2.24, 2.45) is 0 Å². The molecule has 4 nitrogen and oxygen atoms in total. The van der Waals surface area contributed by atoms with E-state index in [4.69, 9.17) is 4.74 Å². The number of carbonyl (C=O) groups is 2. The van der Waals surface area contributed by atoms with Gasteiger partial charge in [0.2, 0.25) is 0 Å². The molecular weight excluding hydrogens is 429 g/mol. The van der Waals surface area contributed by atoms with Crippen molar-refractivity contribution in [1.29, 1.82) is 0 Å². The van der Waals surface area contributed by atoms with Gasteiger partial charge in [0.1, 0.15) is 0 Å². The van der Waals surface area contributed by atoms with Gasteiger partial charge in [0.25, 0.3) is 0 Å². The van der Waals surface area contributed by atoms with Crippen LogP contribution in [0.4, 0.5) is 0 Å². The van der Waals surface area contributed by atoms with E-state index in [2.05, 4.69) is 27.9 Å². The van der Waals surface area contributed by atoms with Crippen LogP contribution in [0, 0.1) is 3.57 Å². The first-order valence-electron chi connectivity index (χ1n) is 8.69. The third-order valence-corrected chi connectivity index (χ3v) is 5.36. The van der Waals surface area contributed by atoms with E-state index < -0.39 is 0 Å². The Labute approximate surface area is 161 Å². The molecule has 0 spiro atoms. The second kappa shape index (κ2) is 7.72. The summed E-state index contributed by atoms with van der Waals surface area (Å²) in [6.07, 6.45) is 3.01. The monoisotopic (exact) mass is 451 g/mol. The van der Waals surface area contributed by atoms with E-state index >= 15 is 0 Å².